The van der Waals surface area contributed by atoms with Gasteiger partial charge in [-0.1, -0.05) is 11.6 Å². The molecular weight excluding hydrogens is 200 g/mol. The van der Waals surface area contributed by atoms with Crippen LogP contribution in [-0.4, -0.2) is 9.97 Å². The molecule has 2 aromatic heterocycles. The van der Waals surface area contributed by atoms with Crippen LogP contribution in [0.3, 0.4) is 0 Å². The van der Waals surface area contributed by atoms with E-state index in [9.17, 15) is 0 Å². The number of hydrogen-bond donors (Lipinski definition) is 0. The minimum atomic E-state index is 0.284. The molecule has 0 aromatic carbocycles. The average Bonchev–Trinajstić information content (AvgIpc) is 2.19. The fourth-order valence-corrected chi connectivity index (χ4v) is 1.09. The van der Waals surface area contributed by atoms with Gasteiger partial charge in [0.05, 0.1) is 12.3 Å². The molecule has 2 heterocycles. The van der Waals surface area contributed by atoms with E-state index in [1.807, 2.05) is 0 Å². The Morgan fingerprint density at radius 1 is 1.29 bits per heavy atom. The topological polar surface area (TPSA) is 35.0 Å². The van der Waals surface area contributed by atoms with Crippen LogP contribution in [0.4, 0.5) is 0 Å². The molecule has 2 rings (SSSR count). The molecule has 14 heavy (non-hydrogen) atoms. The molecule has 2 aromatic rings. The third kappa shape index (κ3) is 2.20. The summed E-state index contributed by atoms with van der Waals surface area (Å²) < 4.78 is 5.42. The summed E-state index contributed by atoms with van der Waals surface area (Å²) in [6.45, 7) is 0. The lowest BCUT2D eigenvalue weighted by molar-refractivity contribution is 0.478. The van der Waals surface area contributed by atoms with E-state index in [1.54, 1.807) is 36.8 Å². The number of pyridine rings is 2. The summed E-state index contributed by atoms with van der Waals surface area (Å²) in [4.78, 5) is 7.71. The smallest absolute Gasteiger partial charge is 0.145 e. The van der Waals surface area contributed by atoms with E-state index in [2.05, 4.69) is 16.0 Å². The summed E-state index contributed by atoms with van der Waals surface area (Å²) in [5.41, 5.74) is 0. The highest BCUT2D eigenvalue weighted by atomic mass is 35.5. The second-order valence-corrected chi connectivity index (χ2v) is 2.87. The molecule has 0 aliphatic heterocycles. The second-order valence-electron chi connectivity index (χ2n) is 2.52. The molecule has 0 N–H and O–H groups in total. The van der Waals surface area contributed by atoms with E-state index < -0.39 is 0 Å². The van der Waals surface area contributed by atoms with Gasteiger partial charge < -0.3 is 4.74 Å². The largest absolute Gasteiger partial charge is 0.455 e. The van der Waals surface area contributed by atoms with Crippen molar-refractivity contribution in [1.82, 2.24) is 9.97 Å². The van der Waals surface area contributed by atoms with E-state index in [4.69, 9.17) is 16.3 Å². The predicted octanol–water partition coefficient (Wildman–Crippen LogP) is 2.72. The molecule has 0 atom stereocenters. The highest BCUT2D eigenvalue weighted by molar-refractivity contribution is 6.29. The van der Waals surface area contributed by atoms with Gasteiger partial charge in [0.25, 0.3) is 0 Å². The molecule has 0 aliphatic rings. The molecule has 0 saturated heterocycles. The van der Waals surface area contributed by atoms with E-state index in [0.717, 1.165) is 0 Å². The number of hydrogen-bond acceptors (Lipinski definition) is 3. The van der Waals surface area contributed by atoms with E-state index in [0.29, 0.717) is 11.5 Å². The quantitative estimate of drug-likeness (QED) is 0.708. The van der Waals surface area contributed by atoms with Gasteiger partial charge in [0.15, 0.2) is 0 Å². The van der Waals surface area contributed by atoms with Crippen LogP contribution < -0.4 is 4.74 Å². The first-order valence-corrected chi connectivity index (χ1v) is 4.34. The third-order valence-corrected chi connectivity index (χ3v) is 1.69. The van der Waals surface area contributed by atoms with Crippen molar-refractivity contribution in [1.29, 1.82) is 0 Å². The van der Waals surface area contributed by atoms with Gasteiger partial charge in [-0.15, -0.1) is 0 Å². The molecule has 0 unspecified atom stereocenters. The van der Waals surface area contributed by atoms with Gasteiger partial charge in [-0.25, -0.2) is 4.98 Å². The Hall–Kier alpha value is -1.61. The van der Waals surface area contributed by atoms with E-state index >= 15 is 0 Å². The standard InChI is InChI=1S/C10H6ClN2O/c11-10-6-8(3-5-13-10)14-9-2-1-4-12-7-9/h1-5,7H. The number of nitrogens with zero attached hydrogens (tertiary/aromatic N) is 2. The van der Waals surface area contributed by atoms with Crippen molar-refractivity contribution in [3.05, 3.63) is 48.0 Å². The first-order chi connectivity index (χ1) is 6.84. The van der Waals surface area contributed by atoms with Crippen LogP contribution in [0.25, 0.3) is 0 Å². The maximum absolute atomic E-state index is 5.65. The van der Waals surface area contributed by atoms with Gasteiger partial charge in [0.1, 0.15) is 16.7 Å². The average molecular weight is 206 g/mol. The fourth-order valence-electron chi connectivity index (χ4n) is 0.940. The lowest BCUT2D eigenvalue weighted by Gasteiger charge is -2.03. The number of aromatic nitrogens is 2. The molecule has 69 valence electrons. The Labute approximate surface area is 86.3 Å². The zero-order chi connectivity index (χ0) is 9.80. The summed E-state index contributed by atoms with van der Waals surface area (Å²) in [5.74, 6) is 1.17. The van der Waals surface area contributed by atoms with Gasteiger partial charge >= 0.3 is 0 Å². The van der Waals surface area contributed by atoms with Crippen LogP contribution in [-0.2, 0) is 0 Å². The van der Waals surface area contributed by atoms with Crippen LogP contribution in [0, 0.1) is 6.07 Å². The Morgan fingerprint density at radius 3 is 2.93 bits per heavy atom. The maximum Gasteiger partial charge on any atom is 0.145 e. The third-order valence-electron chi connectivity index (χ3n) is 1.50. The van der Waals surface area contributed by atoms with Gasteiger partial charge in [-0.2, -0.15) is 0 Å². The van der Waals surface area contributed by atoms with Crippen molar-refractivity contribution in [2.45, 2.75) is 0 Å². The molecule has 0 saturated carbocycles. The van der Waals surface area contributed by atoms with Crippen LogP contribution >= 0.6 is 11.6 Å². The molecule has 0 bridgehead atoms. The first-order valence-electron chi connectivity index (χ1n) is 3.96. The minimum absolute atomic E-state index is 0.284. The van der Waals surface area contributed by atoms with E-state index in [-0.39, 0.29) is 5.15 Å². The van der Waals surface area contributed by atoms with Crippen LogP contribution in [0.15, 0.2) is 36.8 Å². The van der Waals surface area contributed by atoms with Gasteiger partial charge in [0, 0.05) is 12.4 Å². The Morgan fingerprint density at radius 2 is 2.21 bits per heavy atom. The zero-order valence-electron chi connectivity index (χ0n) is 7.14. The summed E-state index contributed by atoms with van der Waals surface area (Å²) in [6, 6.07) is 8.03. The summed E-state index contributed by atoms with van der Waals surface area (Å²) >= 11 is 5.65. The van der Waals surface area contributed by atoms with Gasteiger partial charge in [-0.3, -0.25) is 4.98 Å². The Kier molecular flexibility index (Phi) is 2.60. The fraction of sp³-hybridized carbons (Fsp3) is 0. The summed E-state index contributed by atoms with van der Waals surface area (Å²) in [6.07, 6.45) is 4.85. The van der Waals surface area contributed by atoms with Crippen LogP contribution in [0.2, 0.25) is 5.15 Å². The zero-order valence-corrected chi connectivity index (χ0v) is 7.90. The molecule has 0 spiro atoms. The molecule has 0 aliphatic carbocycles. The molecule has 1 radical (unpaired) electrons. The molecule has 0 fully saturated rings. The van der Waals surface area contributed by atoms with Crippen molar-refractivity contribution < 1.29 is 4.74 Å². The normalized spacial score (nSPS) is 9.79. The van der Waals surface area contributed by atoms with Crippen molar-refractivity contribution in [3.63, 3.8) is 0 Å². The summed E-state index contributed by atoms with van der Waals surface area (Å²) in [5, 5.41) is 0.284. The van der Waals surface area contributed by atoms with Crippen LogP contribution in [0.1, 0.15) is 0 Å². The number of rotatable bonds is 2. The Balaban J connectivity index is 2.19. The van der Waals surface area contributed by atoms with Crippen molar-refractivity contribution in [3.8, 4) is 11.5 Å². The molecule has 0 amide bonds. The molecule has 4 heteroatoms. The minimum Gasteiger partial charge on any atom is -0.455 e. The Bertz CT molecular complexity index is 419. The van der Waals surface area contributed by atoms with E-state index in [1.165, 1.54) is 0 Å². The molecule has 3 nitrogen and oxygen atoms in total. The molecular formula is C10H6ClN2O. The van der Waals surface area contributed by atoms with Gasteiger partial charge in [-0.05, 0) is 18.2 Å². The van der Waals surface area contributed by atoms with Gasteiger partial charge in [0.2, 0.25) is 0 Å². The SMILES string of the molecule is Clc1[c]c(Oc2cccnc2)ccn1. The first kappa shape index (κ1) is 8.97. The predicted molar refractivity (Wildman–Crippen MR) is 52.4 cm³/mol. The number of ether oxygens (including phenoxy) is 1. The van der Waals surface area contributed by atoms with Crippen molar-refractivity contribution in [2.24, 2.45) is 0 Å². The number of halogens is 1. The maximum atomic E-state index is 5.65. The monoisotopic (exact) mass is 205 g/mol. The van der Waals surface area contributed by atoms with Crippen LogP contribution in [0.5, 0.6) is 11.5 Å². The highest BCUT2D eigenvalue weighted by Crippen LogP contribution is 2.20. The van der Waals surface area contributed by atoms with Crippen molar-refractivity contribution >= 4 is 11.6 Å². The van der Waals surface area contributed by atoms with Crippen molar-refractivity contribution in [2.75, 3.05) is 0 Å². The summed E-state index contributed by atoms with van der Waals surface area (Å²) in [7, 11) is 0. The lowest BCUT2D eigenvalue weighted by Crippen LogP contribution is -1.85. The highest BCUT2D eigenvalue weighted by Gasteiger charge is 1.98. The lowest BCUT2D eigenvalue weighted by atomic mass is 10.4. The second kappa shape index (κ2) is 4.07.